The number of benzene rings is 2. The average molecular weight is 298 g/mol. The van der Waals surface area contributed by atoms with E-state index >= 15 is 0 Å². The van der Waals surface area contributed by atoms with E-state index in [1.807, 2.05) is 48.5 Å². The third-order valence-electron chi connectivity index (χ3n) is 3.50. The fourth-order valence-corrected chi connectivity index (χ4v) is 2.34. The van der Waals surface area contributed by atoms with Crippen LogP contribution >= 0.6 is 0 Å². The lowest BCUT2D eigenvalue weighted by Gasteiger charge is -2.09. The molecule has 0 heterocycles. The van der Waals surface area contributed by atoms with E-state index in [-0.39, 0.29) is 5.91 Å². The van der Waals surface area contributed by atoms with Gasteiger partial charge in [-0.25, -0.2) is 0 Å². The molecule has 0 aliphatic rings. The first kappa shape index (κ1) is 15.9. The van der Waals surface area contributed by atoms with Gasteiger partial charge in [0.1, 0.15) is 5.75 Å². The molecule has 0 saturated carbocycles. The van der Waals surface area contributed by atoms with E-state index in [4.69, 9.17) is 10.5 Å². The number of methoxy groups -OCH3 is 1. The summed E-state index contributed by atoms with van der Waals surface area (Å²) in [5, 5.41) is 2.94. The molecule has 3 N–H and O–H groups in total. The highest BCUT2D eigenvalue weighted by atomic mass is 16.5. The minimum absolute atomic E-state index is 0.0531. The molecule has 116 valence electrons. The Hall–Kier alpha value is -2.49. The first-order valence-electron chi connectivity index (χ1n) is 7.42. The highest BCUT2D eigenvalue weighted by Gasteiger charge is 2.04. The molecular formula is C18H22N2O2. The third kappa shape index (κ3) is 4.81. The monoisotopic (exact) mass is 298 g/mol. The summed E-state index contributed by atoms with van der Waals surface area (Å²) in [6, 6.07) is 15.5. The molecule has 2 aromatic carbocycles. The van der Waals surface area contributed by atoms with Gasteiger partial charge in [-0.3, -0.25) is 4.79 Å². The maximum Gasteiger partial charge on any atom is 0.220 e. The Labute approximate surface area is 131 Å². The lowest BCUT2D eigenvalue weighted by atomic mass is 10.1. The molecule has 2 rings (SSSR count). The largest absolute Gasteiger partial charge is 0.496 e. The van der Waals surface area contributed by atoms with Crippen LogP contribution in [0.4, 0.5) is 5.69 Å². The van der Waals surface area contributed by atoms with Gasteiger partial charge in [-0.2, -0.15) is 0 Å². The van der Waals surface area contributed by atoms with Crippen molar-refractivity contribution in [3.63, 3.8) is 0 Å². The van der Waals surface area contributed by atoms with E-state index in [0.717, 1.165) is 29.0 Å². The van der Waals surface area contributed by atoms with Crippen molar-refractivity contribution in [2.45, 2.75) is 19.3 Å². The molecule has 0 spiro atoms. The second-order valence-electron chi connectivity index (χ2n) is 5.16. The maximum atomic E-state index is 11.9. The number of rotatable bonds is 7. The summed E-state index contributed by atoms with van der Waals surface area (Å²) in [5.74, 6) is 0.911. The second-order valence-corrected chi connectivity index (χ2v) is 5.16. The molecule has 4 heteroatoms. The second kappa shape index (κ2) is 8.08. The van der Waals surface area contributed by atoms with Crippen LogP contribution in [0.25, 0.3) is 0 Å². The Morgan fingerprint density at radius 2 is 1.95 bits per heavy atom. The fraction of sp³-hybridized carbons (Fsp3) is 0.278. The molecule has 0 unspecified atom stereocenters. The quantitative estimate of drug-likeness (QED) is 0.772. The standard InChI is InChI=1S/C18H22N2O2/c1-22-17-8-3-2-6-15(17)11-12-20-18(21)10-9-14-5-4-7-16(19)13-14/h2-8,13H,9-12,19H2,1H3,(H,20,21). The van der Waals surface area contributed by atoms with Gasteiger partial charge in [0.15, 0.2) is 0 Å². The highest BCUT2D eigenvalue weighted by molar-refractivity contribution is 5.76. The van der Waals surface area contributed by atoms with Gasteiger partial charge >= 0.3 is 0 Å². The summed E-state index contributed by atoms with van der Waals surface area (Å²) in [4.78, 5) is 11.9. The van der Waals surface area contributed by atoms with E-state index in [1.165, 1.54) is 0 Å². The third-order valence-corrected chi connectivity index (χ3v) is 3.50. The number of amides is 1. The highest BCUT2D eigenvalue weighted by Crippen LogP contribution is 2.17. The summed E-state index contributed by atoms with van der Waals surface area (Å²) >= 11 is 0. The van der Waals surface area contributed by atoms with Crippen LogP contribution in [0, 0.1) is 0 Å². The van der Waals surface area contributed by atoms with E-state index in [2.05, 4.69) is 5.32 Å². The molecule has 0 atom stereocenters. The zero-order valence-electron chi connectivity index (χ0n) is 12.8. The summed E-state index contributed by atoms with van der Waals surface area (Å²) in [6.45, 7) is 0.607. The Kier molecular flexibility index (Phi) is 5.83. The average Bonchev–Trinajstić information content (AvgIpc) is 2.53. The van der Waals surface area contributed by atoms with E-state index in [9.17, 15) is 4.79 Å². The van der Waals surface area contributed by atoms with Gasteiger partial charge in [-0.15, -0.1) is 0 Å². The number of carbonyl (C=O) groups excluding carboxylic acids is 1. The minimum atomic E-state index is 0.0531. The van der Waals surface area contributed by atoms with Gasteiger partial charge in [0.2, 0.25) is 5.91 Å². The minimum Gasteiger partial charge on any atom is -0.496 e. The van der Waals surface area contributed by atoms with Crippen molar-refractivity contribution in [2.75, 3.05) is 19.4 Å². The Morgan fingerprint density at radius 3 is 2.73 bits per heavy atom. The Bertz CT molecular complexity index is 626. The lowest BCUT2D eigenvalue weighted by Crippen LogP contribution is -2.26. The first-order valence-corrected chi connectivity index (χ1v) is 7.42. The van der Waals surface area contributed by atoms with Crippen LogP contribution in [0.3, 0.4) is 0 Å². The molecule has 0 radical (unpaired) electrons. The van der Waals surface area contributed by atoms with Crippen LogP contribution in [-0.2, 0) is 17.6 Å². The van der Waals surface area contributed by atoms with Crippen molar-refractivity contribution in [3.8, 4) is 5.75 Å². The van der Waals surface area contributed by atoms with Gasteiger partial charge in [0.25, 0.3) is 0 Å². The van der Waals surface area contributed by atoms with Crippen molar-refractivity contribution < 1.29 is 9.53 Å². The van der Waals surface area contributed by atoms with Crippen LogP contribution < -0.4 is 15.8 Å². The number of para-hydroxylation sites is 1. The summed E-state index contributed by atoms with van der Waals surface area (Å²) < 4.78 is 5.29. The smallest absolute Gasteiger partial charge is 0.220 e. The van der Waals surface area contributed by atoms with Crippen molar-refractivity contribution in [1.82, 2.24) is 5.32 Å². The molecule has 0 bridgehead atoms. The van der Waals surface area contributed by atoms with Gasteiger partial charge in [0, 0.05) is 18.7 Å². The molecule has 0 fully saturated rings. The van der Waals surface area contributed by atoms with Crippen LogP contribution in [-0.4, -0.2) is 19.6 Å². The summed E-state index contributed by atoms with van der Waals surface area (Å²) in [6.07, 6.45) is 1.93. The molecule has 0 saturated heterocycles. The fourth-order valence-electron chi connectivity index (χ4n) is 2.34. The van der Waals surface area contributed by atoms with Crippen molar-refractivity contribution in [2.24, 2.45) is 0 Å². The maximum absolute atomic E-state index is 11.9. The van der Waals surface area contributed by atoms with Crippen molar-refractivity contribution in [3.05, 3.63) is 59.7 Å². The van der Waals surface area contributed by atoms with E-state index < -0.39 is 0 Å². The number of carbonyl (C=O) groups is 1. The van der Waals surface area contributed by atoms with Gasteiger partial charge in [0.05, 0.1) is 7.11 Å². The number of hydrogen-bond acceptors (Lipinski definition) is 3. The number of anilines is 1. The molecule has 22 heavy (non-hydrogen) atoms. The molecular weight excluding hydrogens is 276 g/mol. The zero-order valence-corrected chi connectivity index (χ0v) is 12.8. The van der Waals surface area contributed by atoms with Gasteiger partial charge in [-0.1, -0.05) is 30.3 Å². The van der Waals surface area contributed by atoms with E-state index in [0.29, 0.717) is 19.4 Å². The number of nitrogens with two attached hydrogens (primary N) is 1. The summed E-state index contributed by atoms with van der Waals surface area (Å²) in [5.41, 5.74) is 8.64. The summed E-state index contributed by atoms with van der Waals surface area (Å²) in [7, 11) is 1.66. The number of nitrogens with one attached hydrogen (secondary N) is 1. The first-order chi connectivity index (χ1) is 10.7. The number of aryl methyl sites for hydroxylation is 1. The Balaban J connectivity index is 1.74. The molecule has 4 nitrogen and oxygen atoms in total. The molecule has 0 aliphatic heterocycles. The number of ether oxygens (including phenoxy) is 1. The van der Waals surface area contributed by atoms with Crippen LogP contribution in [0.2, 0.25) is 0 Å². The SMILES string of the molecule is COc1ccccc1CCNC(=O)CCc1cccc(N)c1. The van der Waals surface area contributed by atoms with Crippen LogP contribution in [0.1, 0.15) is 17.5 Å². The van der Waals surface area contributed by atoms with Gasteiger partial charge < -0.3 is 15.8 Å². The molecule has 0 aromatic heterocycles. The lowest BCUT2D eigenvalue weighted by molar-refractivity contribution is -0.121. The van der Waals surface area contributed by atoms with Crippen molar-refractivity contribution >= 4 is 11.6 Å². The molecule has 1 amide bonds. The van der Waals surface area contributed by atoms with Crippen molar-refractivity contribution in [1.29, 1.82) is 0 Å². The number of nitrogen functional groups attached to an aromatic ring is 1. The van der Waals surface area contributed by atoms with Crippen LogP contribution in [0.5, 0.6) is 5.75 Å². The normalized spacial score (nSPS) is 10.2. The zero-order chi connectivity index (χ0) is 15.8. The number of hydrogen-bond donors (Lipinski definition) is 2. The van der Waals surface area contributed by atoms with Crippen LogP contribution in [0.15, 0.2) is 48.5 Å². The predicted octanol–water partition coefficient (Wildman–Crippen LogP) is 2.57. The van der Waals surface area contributed by atoms with E-state index in [1.54, 1.807) is 7.11 Å². The van der Waals surface area contributed by atoms with Gasteiger partial charge in [-0.05, 0) is 42.2 Å². The predicted molar refractivity (Wildman–Crippen MR) is 88.9 cm³/mol. The topological polar surface area (TPSA) is 64.3 Å². The molecule has 2 aromatic rings. The molecule has 0 aliphatic carbocycles. The Morgan fingerprint density at radius 1 is 1.14 bits per heavy atom.